The molecule has 1 aromatic carbocycles. The van der Waals surface area contributed by atoms with Crippen molar-refractivity contribution in [2.75, 3.05) is 7.05 Å². The molecule has 0 aliphatic rings. The van der Waals surface area contributed by atoms with Gasteiger partial charge in [-0.3, -0.25) is 4.98 Å². The third-order valence-electron chi connectivity index (χ3n) is 2.72. The molecule has 0 saturated heterocycles. The minimum atomic E-state index is 0.507. The van der Waals surface area contributed by atoms with Crippen molar-refractivity contribution < 1.29 is 4.74 Å². The lowest BCUT2D eigenvalue weighted by molar-refractivity contribution is 0.302. The smallest absolute Gasteiger partial charge is 0.124 e. The Morgan fingerprint density at radius 1 is 1.26 bits per heavy atom. The Bertz CT molecular complexity index is 558. The van der Waals surface area contributed by atoms with Crippen LogP contribution in [0.4, 0.5) is 0 Å². The molecule has 3 nitrogen and oxygen atoms in total. The molecule has 0 saturated carbocycles. The van der Waals surface area contributed by atoms with Gasteiger partial charge in [-0.15, -0.1) is 0 Å². The molecule has 100 valence electrons. The van der Waals surface area contributed by atoms with Crippen LogP contribution in [0.3, 0.4) is 0 Å². The second-order valence-corrected chi connectivity index (χ2v) is 4.88. The van der Waals surface area contributed by atoms with E-state index >= 15 is 0 Å². The number of rotatable bonds is 5. The van der Waals surface area contributed by atoms with Crippen LogP contribution in [0.1, 0.15) is 16.7 Å². The van der Waals surface area contributed by atoms with E-state index in [1.165, 1.54) is 0 Å². The molecule has 1 N–H and O–H groups in total. The van der Waals surface area contributed by atoms with Crippen LogP contribution >= 0.6 is 11.6 Å². The van der Waals surface area contributed by atoms with Crippen LogP contribution in [-0.4, -0.2) is 12.0 Å². The first kappa shape index (κ1) is 13.8. The fraction of sp³-hybridized carbons (Fsp3) is 0.267. The van der Waals surface area contributed by atoms with Crippen LogP contribution in [0.2, 0.25) is 5.02 Å². The molecule has 0 aliphatic heterocycles. The van der Waals surface area contributed by atoms with Crippen molar-refractivity contribution in [3.05, 3.63) is 58.4 Å². The number of nitrogens with one attached hydrogen (secondary N) is 1. The Labute approximate surface area is 118 Å². The molecular weight excluding hydrogens is 260 g/mol. The van der Waals surface area contributed by atoms with E-state index < -0.39 is 0 Å². The van der Waals surface area contributed by atoms with E-state index in [0.717, 1.165) is 34.0 Å². The number of aryl methyl sites for hydroxylation is 1. The SMILES string of the molecule is CNCc1cc(Cl)ccc1OCc1cncc(C)c1. The van der Waals surface area contributed by atoms with E-state index in [2.05, 4.69) is 16.4 Å². The number of benzene rings is 1. The maximum absolute atomic E-state index is 6.00. The summed E-state index contributed by atoms with van der Waals surface area (Å²) in [5.74, 6) is 0.847. The van der Waals surface area contributed by atoms with Crippen molar-refractivity contribution in [2.45, 2.75) is 20.1 Å². The number of nitrogens with zero attached hydrogens (tertiary/aromatic N) is 1. The lowest BCUT2D eigenvalue weighted by Gasteiger charge is -2.12. The number of hydrogen-bond acceptors (Lipinski definition) is 3. The van der Waals surface area contributed by atoms with Gasteiger partial charge in [0.15, 0.2) is 0 Å². The van der Waals surface area contributed by atoms with E-state index in [0.29, 0.717) is 6.61 Å². The number of hydrogen-bond donors (Lipinski definition) is 1. The molecule has 0 aliphatic carbocycles. The molecular formula is C15H17ClN2O. The Balaban J connectivity index is 2.10. The van der Waals surface area contributed by atoms with Gasteiger partial charge in [-0.2, -0.15) is 0 Å². The molecule has 0 fully saturated rings. The van der Waals surface area contributed by atoms with Crippen molar-refractivity contribution in [1.82, 2.24) is 10.3 Å². The summed E-state index contributed by atoms with van der Waals surface area (Å²) in [5, 5.41) is 3.83. The Kier molecular flexibility index (Phi) is 4.77. The van der Waals surface area contributed by atoms with Crippen molar-refractivity contribution in [2.24, 2.45) is 0 Å². The third-order valence-corrected chi connectivity index (χ3v) is 2.95. The van der Waals surface area contributed by atoms with Crippen LogP contribution in [0.15, 0.2) is 36.7 Å². The van der Waals surface area contributed by atoms with Gasteiger partial charge in [0.25, 0.3) is 0 Å². The quantitative estimate of drug-likeness (QED) is 0.909. The van der Waals surface area contributed by atoms with Crippen molar-refractivity contribution in [3.8, 4) is 5.75 Å². The molecule has 1 heterocycles. The molecule has 1 aromatic heterocycles. The second-order valence-electron chi connectivity index (χ2n) is 4.44. The number of aromatic nitrogens is 1. The maximum atomic E-state index is 6.00. The molecule has 0 bridgehead atoms. The van der Waals surface area contributed by atoms with E-state index in [9.17, 15) is 0 Å². The Morgan fingerprint density at radius 2 is 2.11 bits per heavy atom. The number of ether oxygens (including phenoxy) is 1. The van der Waals surface area contributed by atoms with E-state index in [1.54, 1.807) is 0 Å². The van der Waals surface area contributed by atoms with Gasteiger partial charge in [-0.05, 0) is 43.8 Å². The number of pyridine rings is 1. The van der Waals surface area contributed by atoms with Gasteiger partial charge in [-0.25, -0.2) is 0 Å². The minimum Gasteiger partial charge on any atom is -0.489 e. The zero-order chi connectivity index (χ0) is 13.7. The Hall–Kier alpha value is -1.58. The molecule has 0 unspecified atom stereocenters. The maximum Gasteiger partial charge on any atom is 0.124 e. The monoisotopic (exact) mass is 276 g/mol. The summed E-state index contributed by atoms with van der Waals surface area (Å²) >= 11 is 6.00. The van der Waals surface area contributed by atoms with Gasteiger partial charge in [0, 0.05) is 35.1 Å². The minimum absolute atomic E-state index is 0.507. The molecule has 2 rings (SSSR count). The third kappa shape index (κ3) is 3.94. The van der Waals surface area contributed by atoms with Gasteiger partial charge >= 0.3 is 0 Å². The Morgan fingerprint density at radius 3 is 2.84 bits per heavy atom. The molecule has 4 heteroatoms. The summed E-state index contributed by atoms with van der Waals surface area (Å²) in [6.45, 7) is 3.25. The molecule has 19 heavy (non-hydrogen) atoms. The topological polar surface area (TPSA) is 34.1 Å². The van der Waals surface area contributed by atoms with E-state index in [4.69, 9.17) is 16.3 Å². The van der Waals surface area contributed by atoms with Gasteiger partial charge in [0.1, 0.15) is 12.4 Å². The molecule has 0 spiro atoms. The zero-order valence-corrected chi connectivity index (χ0v) is 11.9. The first-order valence-electron chi connectivity index (χ1n) is 6.15. The summed E-state index contributed by atoms with van der Waals surface area (Å²) in [5.41, 5.74) is 3.24. The van der Waals surface area contributed by atoms with Crippen LogP contribution in [-0.2, 0) is 13.2 Å². The van der Waals surface area contributed by atoms with Crippen molar-refractivity contribution in [3.63, 3.8) is 0 Å². The second kappa shape index (κ2) is 6.55. The average Bonchev–Trinajstić information content (AvgIpc) is 2.38. The fourth-order valence-electron chi connectivity index (χ4n) is 1.87. The summed E-state index contributed by atoms with van der Waals surface area (Å²) in [6, 6.07) is 7.73. The summed E-state index contributed by atoms with van der Waals surface area (Å²) in [4.78, 5) is 4.16. The fourth-order valence-corrected chi connectivity index (χ4v) is 2.07. The molecule has 0 amide bonds. The van der Waals surface area contributed by atoms with Gasteiger partial charge in [0.2, 0.25) is 0 Å². The predicted octanol–water partition coefficient (Wildman–Crippen LogP) is 3.34. The highest BCUT2D eigenvalue weighted by Crippen LogP contribution is 2.23. The standard InChI is InChI=1S/C15H17ClN2O/c1-11-5-12(8-18-7-11)10-19-15-4-3-14(16)6-13(15)9-17-2/h3-8,17H,9-10H2,1-2H3. The van der Waals surface area contributed by atoms with Crippen LogP contribution in [0.5, 0.6) is 5.75 Å². The summed E-state index contributed by atoms with van der Waals surface area (Å²) in [7, 11) is 1.90. The first-order valence-corrected chi connectivity index (χ1v) is 6.53. The van der Waals surface area contributed by atoms with Crippen molar-refractivity contribution >= 4 is 11.6 Å². The van der Waals surface area contributed by atoms with Crippen LogP contribution < -0.4 is 10.1 Å². The van der Waals surface area contributed by atoms with Crippen LogP contribution in [0, 0.1) is 6.92 Å². The van der Waals surface area contributed by atoms with Gasteiger partial charge in [0.05, 0.1) is 0 Å². The zero-order valence-electron chi connectivity index (χ0n) is 11.1. The summed E-state index contributed by atoms with van der Waals surface area (Å²) < 4.78 is 5.85. The highest BCUT2D eigenvalue weighted by Gasteiger charge is 2.05. The molecule has 2 aromatic rings. The molecule has 0 atom stereocenters. The van der Waals surface area contributed by atoms with E-state index in [1.807, 2.05) is 44.6 Å². The van der Waals surface area contributed by atoms with Crippen LogP contribution in [0.25, 0.3) is 0 Å². The first-order chi connectivity index (χ1) is 9.19. The van der Waals surface area contributed by atoms with E-state index in [-0.39, 0.29) is 0 Å². The lowest BCUT2D eigenvalue weighted by atomic mass is 10.2. The highest BCUT2D eigenvalue weighted by atomic mass is 35.5. The number of halogens is 1. The normalized spacial score (nSPS) is 10.5. The molecule has 0 radical (unpaired) electrons. The van der Waals surface area contributed by atoms with Gasteiger partial charge < -0.3 is 10.1 Å². The van der Waals surface area contributed by atoms with Gasteiger partial charge in [-0.1, -0.05) is 11.6 Å². The lowest BCUT2D eigenvalue weighted by Crippen LogP contribution is -2.07. The summed E-state index contributed by atoms with van der Waals surface area (Å²) in [6.07, 6.45) is 3.65. The largest absolute Gasteiger partial charge is 0.489 e. The average molecular weight is 277 g/mol. The highest BCUT2D eigenvalue weighted by molar-refractivity contribution is 6.30. The van der Waals surface area contributed by atoms with Crippen molar-refractivity contribution in [1.29, 1.82) is 0 Å². The predicted molar refractivity (Wildman–Crippen MR) is 77.5 cm³/mol.